The van der Waals surface area contributed by atoms with Gasteiger partial charge >= 0.3 is 5.97 Å². The van der Waals surface area contributed by atoms with Crippen molar-refractivity contribution in [1.82, 2.24) is 4.90 Å². The first-order chi connectivity index (χ1) is 16.8. The SMILES string of the molecule is CCC(CCC(C)(C)O)N1C(=O)C(C)(CC(=O)O)C(I)C(c2cccc(Cl)c2)C1c1ccc(Cl)cc1. The number of rotatable bonds is 9. The fourth-order valence-corrected chi connectivity index (χ4v) is 6.92. The van der Waals surface area contributed by atoms with Crippen molar-refractivity contribution >= 4 is 57.7 Å². The largest absolute Gasteiger partial charge is 0.481 e. The van der Waals surface area contributed by atoms with Crippen molar-refractivity contribution in [3.8, 4) is 0 Å². The Hall–Kier alpha value is -1.35. The minimum atomic E-state index is -1.13. The summed E-state index contributed by atoms with van der Waals surface area (Å²) < 4.78 is -0.319. The molecule has 3 rings (SSSR count). The molecule has 2 N–H and O–H groups in total. The van der Waals surface area contributed by atoms with Gasteiger partial charge in [-0.15, -0.1) is 0 Å². The van der Waals surface area contributed by atoms with Crippen LogP contribution in [0.1, 0.15) is 76.5 Å². The van der Waals surface area contributed by atoms with Gasteiger partial charge in [0.15, 0.2) is 0 Å². The van der Waals surface area contributed by atoms with Crippen LogP contribution in [0.15, 0.2) is 48.5 Å². The lowest BCUT2D eigenvalue weighted by atomic mass is 9.66. The Morgan fingerprint density at radius 2 is 1.78 bits per heavy atom. The highest BCUT2D eigenvalue weighted by Crippen LogP contribution is 2.55. The van der Waals surface area contributed by atoms with Crippen molar-refractivity contribution in [2.24, 2.45) is 5.41 Å². The highest BCUT2D eigenvalue weighted by atomic mass is 127. The highest BCUT2D eigenvalue weighted by Gasteiger charge is 2.57. The zero-order chi connectivity index (χ0) is 26.8. The van der Waals surface area contributed by atoms with E-state index >= 15 is 0 Å². The van der Waals surface area contributed by atoms with Crippen LogP contribution in [-0.2, 0) is 9.59 Å². The summed E-state index contributed by atoms with van der Waals surface area (Å²) in [7, 11) is 0. The van der Waals surface area contributed by atoms with Gasteiger partial charge in [0.25, 0.3) is 0 Å². The van der Waals surface area contributed by atoms with Gasteiger partial charge < -0.3 is 15.1 Å². The maximum Gasteiger partial charge on any atom is 0.304 e. The highest BCUT2D eigenvalue weighted by molar-refractivity contribution is 14.1. The zero-order valence-electron chi connectivity index (χ0n) is 21.0. The van der Waals surface area contributed by atoms with E-state index in [1.807, 2.05) is 60.4 Å². The van der Waals surface area contributed by atoms with Crippen LogP contribution in [0.2, 0.25) is 10.0 Å². The van der Waals surface area contributed by atoms with Gasteiger partial charge in [0.1, 0.15) is 0 Å². The van der Waals surface area contributed by atoms with E-state index in [-0.39, 0.29) is 34.3 Å². The summed E-state index contributed by atoms with van der Waals surface area (Å²) in [5.74, 6) is -1.40. The van der Waals surface area contributed by atoms with Crippen molar-refractivity contribution in [2.75, 3.05) is 0 Å². The Morgan fingerprint density at radius 3 is 2.31 bits per heavy atom. The average molecular weight is 646 g/mol. The number of carbonyl (C=O) groups excluding carboxylic acids is 1. The second-order valence-corrected chi connectivity index (χ2v) is 12.8. The van der Waals surface area contributed by atoms with Gasteiger partial charge in [0.05, 0.1) is 23.5 Å². The molecule has 0 aliphatic carbocycles. The molecule has 1 heterocycles. The number of benzene rings is 2. The molecule has 196 valence electrons. The summed E-state index contributed by atoms with van der Waals surface area (Å²) in [6.45, 7) is 7.32. The van der Waals surface area contributed by atoms with Crippen molar-refractivity contribution in [3.05, 3.63) is 69.7 Å². The molecule has 0 radical (unpaired) electrons. The van der Waals surface area contributed by atoms with Gasteiger partial charge in [-0.25, -0.2) is 0 Å². The van der Waals surface area contributed by atoms with E-state index in [9.17, 15) is 19.8 Å². The maximum absolute atomic E-state index is 14.4. The number of likely N-dealkylation sites (tertiary alicyclic amines) is 1. The number of amides is 1. The molecule has 8 heteroatoms. The average Bonchev–Trinajstić information content (AvgIpc) is 2.78. The van der Waals surface area contributed by atoms with Crippen LogP contribution in [0.4, 0.5) is 0 Å². The molecule has 1 fully saturated rings. The Morgan fingerprint density at radius 1 is 1.14 bits per heavy atom. The van der Waals surface area contributed by atoms with Crippen LogP contribution in [0, 0.1) is 5.41 Å². The predicted octanol–water partition coefficient (Wildman–Crippen LogP) is 7.27. The van der Waals surface area contributed by atoms with Crippen LogP contribution >= 0.6 is 45.8 Å². The second-order valence-electron chi connectivity index (χ2n) is 10.6. The summed E-state index contributed by atoms with van der Waals surface area (Å²) in [5.41, 5.74) is -0.138. The molecule has 1 saturated heterocycles. The minimum Gasteiger partial charge on any atom is -0.481 e. The third kappa shape index (κ3) is 6.37. The molecular weight excluding hydrogens is 612 g/mol. The minimum absolute atomic E-state index is 0.176. The molecule has 2 aromatic carbocycles. The lowest BCUT2D eigenvalue weighted by Crippen LogP contribution is -2.60. The molecule has 1 amide bonds. The van der Waals surface area contributed by atoms with Gasteiger partial charge in [0, 0.05) is 25.9 Å². The summed E-state index contributed by atoms with van der Waals surface area (Å²) in [4.78, 5) is 28.3. The number of hydrogen-bond donors (Lipinski definition) is 2. The number of hydrogen-bond acceptors (Lipinski definition) is 3. The number of carboxylic acids is 1. The van der Waals surface area contributed by atoms with Crippen LogP contribution in [0.25, 0.3) is 0 Å². The fourth-order valence-electron chi connectivity index (χ4n) is 5.30. The van der Waals surface area contributed by atoms with Gasteiger partial charge in [-0.2, -0.15) is 0 Å². The van der Waals surface area contributed by atoms with Crippen molar-refractivity contribution < 1.29 is 19.8 Å². The number of carboxylic acid groups (broad SMARTS) is 1. The Bertz CT molecular complexity index is 1090. The van der Waals surface area contributed by atoms with E-state index in [1.54, 1.807) is 20.8 Å². The number of aliphatic hydroxyl groups is 1. The first-order valence-corrected chi connectivity index (χ1v) is 14.2. The first-order valence-electron chi connectivity index (χ1n) is 12.2. The number of piperidine rings is 1. The van der Waals surface area contributed by atoms with E-state index < -0.39 is 17.0 Å². The van der Waals surface area contributed by atoms with E-state index in [0.29, 0.717) is 29.3 Å². The number of carbonyl (C=O) groups is 2. The lowest BCUT2D eigenvalue weighted by Gasteiger charge is -2.54. The number of nitrogens with zero attached hydrogens (tertiary/aromatic N) is 1. The Balaban J connectivity index is 2.26. The van der Waals surface area contributed by atoms with E-state index in [0.717, 1.165) is 11.1 Å². The van der Waals surface area contributed by atoms with E-state index in [1.165, 1.54) is 0 Å². The third-order valence-electron chi connectivity index (χ3n) is 7.20. The molecule has 0 saturated carbocycles. The molecule has 0 aromatic heterocycles. The summed E-state index contributed by atoms with van der Waals surface area (Å²) in [6.07, 6.45) is 1.49. The number of halogens is 3. The third-order valence-corrected chi connectivity index (χ3v) is 9.84. The standard InChI is InChI=1S/C28H34Cl2INO4/c1-5-21(13-14-27(2,3)36)32-24(17-9-11-19(29)12-10-17)23(18-7-6-8-20(30)15-18)25(31)28(4,26(32)35)16-22(33)34/h6-12,15,21,23-25,36H,5,13-14,16H2,1-4H3,(H,33,34). The summed E-state index contributed by atoms with van der Waals surface area (Å²) in [6, 6.07) is 14.6. The molecule has 5 atom stereocenters. The lowest BCUT2D eigenvalue weighted by molar-refractivity contribution is -0.159. The van der Waals surface area contributed by atoms with Crippen LogP contribution in [-0.4, -0.2) is 42.6 Å². The molecule has 1 aliphatic rings. The molecule has 0 spiro atoms. The normalized spacial score (nSPS) is 25.6. The topological polar surface area (TPSA) is 77.8 Å². The quantitative estimate of drug-likeness (QED) is 0.222. The number of aliphatic carboxylic acids is 1. The van der Waals surface area contributed by atoms with Crippen molar-refractivity contribution in [3.63, 3.8) is 0 Å². The summed E-state index contributed by atoms with van der Waals surface area (Å²) >= 11 is 14.9. The Kier molecular flexibility index (Phi) is 9.40. The molecule has 36 heavy (non-hydrogen) atoms. The second kappa shape index (κ2) is 11.6. The van der Waals surface area contributed by atoms with Gasteiger partial charge in [-0.05, 0) is 75.4 Å². The maximum atomic E-state index is 14.4. The molecule has 5 nitrogen and oxygen atoms in total. The Labute approximate surface area is 237 Å². The number of alkyl halides is 1. The summed E-state index contributed by atoms with van der Waals surface area (Å²) in [5, 5.41) is 21.5. The monoisotopic (exact) mass is 645 g/mol. The first kappa shape index (κ1) is 29.2. The van der Waals surface area contributed by atoms with E-state index in [4.69, 9.17) is 23.2 Å². The molecular formula is C28H34Cl2INO4. The molecule has 2 aromatic rings. The van der Waals surface area contributed by atoms with Crippen molar-refractivity contribution in [2.45, 2.75) is 80.9 Å². The van der Waals surface area contributed by atoms with Gasteiger partial charge in [-0.1, -0.05) is 77.0 Å². The molecule has 5 unspecified atom stereocenters. The van der Waals surface area contributed by atoms with Gasteiger partial charge in [0.2, 0.25) is 5.91 Å². The van der Waals surface area contributed by atoms with E-state index in [2.05, 4.69) is 22.6 Å². The van der Waals surface area contributed by atoms with Crippen LogP contribution in [0.3, 0.4) is 0 Å². The molecule has 1 aliphatic heterocycles. The van der Waals surface area contributed by atoms with Crippen molar-refractivity contribution in [1.29, 1.82) is 0 Å². The van der Waals surface area contributed by atoms with Crippen LogP contribution < -0.4 is 0 Å². The van der Waals surface area contributed by atoms with Crippen LogP contribution in [0.5, 0.6) is 0 Å². The molecule has 0 bridgehead atoms. The fraction of sp³-hybridized carbons (Fsp3) is 0.500. The van der Waals surface area contributed by atoms with Gasteiger partial charge in [-0.3, -0.25) is 9.59 Å². The predicted molar refractivity (Wildman–Crippen MR) is 153 cm³/mol. The zero-order valence-corrected chi connectivity index (χ0v) is 24.7. The smallest absolute Gasteiger partial charge is 0.304 e.